The normalized spacial score (nSPS) is 22.9. The second-order valence-corrected chi connectivity index (χ2v) is 7.89. The monoisotopic (exact) mass is 360 g/mol. The van der Waals surface area contributed by atoms with E-state index >= 15 is 0 Å². The predicted octanol–water partition coefficient (Wildman–Crippen LogP) is 4.16. The van der Waals surface area contributed by atoms with E-state index in [1.165, 1.54) is 0 Å². The van der Waals surface area contributed by atoms with Crippen LogP contribution in [-0.4, -0.2) is 11.9 Å². The fraction of sp³-hybridized carbons (Fsp3) is 0.526. The van der Waals surface area contributed by atoms with Gasteiger partial charge in [-0.15, -0.1) is 0 Å². The summed E-state index contributed by atoms with van der Waals surface area (Å²) >= 11 is 0.888. The van der Waals surface area contributed by atoms with Crippen molar-refractivity contribution in [2.45, 2.75) is 44.9 Å². The molecule has 1 fully saturated rings. The van der Waals surface area contributed by atoms with Gasteiger partial charge in [0.05, 0.1) is 5.56 Å². The summed E-state index contributed by atoms with van der Waals surface area (Å²) in [5.41, 5.74) is 2.59. The zero-order valence-corrected chi connectivity index (χ0v) is 15.6. The molecule has 0 heterocycles. The fourth-order valence-corrected chi connectivity index (χ4v) is 3.93. The minimum Gasteiger partial charge on any atom is -0.335 e. The third-order valence-electron chi connectivity index (χ3n) is 4.80. The number of benzene rings is 1. The summed E-state index contributed by atoms with van der Waals surface area (Å²) in [4.78, 5) is 30.1. The zero-order chi connectivity index (χ0) is 18.4. The Bertz CT molecular complexity index is 669. The summed E-state index contributed by atoms with van der Waals surface area (Å²) in [5.74, 6) is 0.512. The molecule has 3 unspecified atom stereocenters. The Morgan fingerprint density at radius 3 is 2.68 bits per heavy atom. The van der Waals surface area contributed by atoms with E-state index in [4.69, 9.17) is 10.1 Å². The van der Waals surface area contributed by atoms with Gasteiger partial charge < -0.3 is 4.84 Å². The van der Waals surface area contributed by atoms with Crippen molar-refractivity contribution in [1.29, 1.82) is 5.26 Å². The third kappa shape index (κ3) is 5.23. The Kier molecular flexibility index (Phi) is 6.89. The molecule has 2 rings (SSSR count). The van der Waals surface area contributed by atoms with E-state index in [0.29, 0.717) is 22.6 Å². The molecular weight excluding hydrogens is 336 g/mol. The van der Waals surface area contributed by atoms with Crippen LogP contribution in [0.1, 0.15) is 50.4 Å². The summed E-state index contributed by atoms with van der Waals surface area (Å²) in [6.07, 6.45) is 2.78. The average Bonchev–Trinajstić information content (AvgIpc) is 2.59. The van der Waals surface area contributed by atoms with Gasteiger partial charge in [-0.3, -0.25) is 4.79 Å². The van der Waals surface area contributed by atoms with Gasteiger partial charge in [-0.25, -0.2) is 4.79 Å². The Hall–Kier alpha value is -2.00. The first-order valence-electron chi connectivity index (χ1n) is 8.58. The Balaban J connectivity index is 1.95. The second kappa shape index (κ2) is 8.91. The number of nitrogens with zero attached hydrogens (tertiary/aromatic N) is 1. The van der Waals surface area contributed by atoms with Crippen LogP contribution >= 0.6 is 11.8 Å². The Labute approximate surface area is 153 Å². The van der Waals surface area contributed by atoms with Gasteiger partial charge in [0.25, 0.3) is 5.91 Å². The topological polar surface area (TPSA) is 79.2 Å². The largest absolute Gasteiger partial charge is 0.364 e. The molecule has 1 aliphatic carbocycles. The number of thioether (sulfide) groups is 1. The molecule has 0 bridgehead atoms. The maximum atomic E-state index is 12.4. The van der Waals surface area contributed by atoms with Crippen LogP contribution in [0.3, 0.4) is 0 Å². The van der Waals surface area contributed by atoms with Gasteiger partial charge >= 0.3 is 5.97 Å². The zero-order valence-electron chi connectivity index (χ0n) is 14.8. The minimum absolute atomic E-state index is 0.132. The number of amides is 1. The molecule has 1 amide bonds. The van der Waals surface area contributed by atoms with E-state index in [1.54, 1.807) is 24.3 Å². The smallest absolute Gasteiger partial charge is 0.335 e. The van der Waals surface area contributed by atoms with Crippen LogP contribution < -0.4 is 5.48 Å². The Morgan fingerprint density at radius 1 is 1.28 bits per heavy atom. The van der Waals surface area contributed by atoms with Crippen molar-refractivity contribution in [3.63, 3.8) is 0 Å². The Morgan fingerprint density at radius 2 is 2.00 bits per heavy atom. The van der Waals surface area contributed by atoms with Crippen molar-refractivity contribution in [3.8, 4) is 5.40 Å². The maximum Gasteiger partial charge on any atom is 0.364 e. The van der Waals surface area contributed by atoms with E-state index in [0.717, 1.165) is 31.0 Å². The predicted molar refractivity (Wildman–Crippen MR) is 96.3 cm³/mol. The van der Waals surface area contributed by atoms with E-state index in [2.05, 4.69) is 26.3 Å². The van der Waals surface area contributed by atoms with Crippen molar-refractivity contribution >= 4 is 23.6 Å². The lowest BCUT2D eigenvalue weighted by Crippen LogP contribution is -2.38. The van der Waals surface area contributed by atoms with E-state index in [1.807, 2.05) is 5.40 Å². The van der Waals surface area contributed by atoms with Crippen molar-refractivity contribution < 1.29 is 14.4 Å². The lowest BCUT2D eigenvalue weighted by molar-refractivity contribution is -0.136. The number of hydrogen-bond donors (Lipinski definition) is 1. The number of nitriles is 1. The number of carbonyl (C=O) groups excluding carboxylic acids is 2. The van der Waals surface area contributed by atoms with E-state index < -0.39 is 5.97 Å². The highest BCUT2D eigenvalue weighted by Crippen LogP contribution is 2.37. The summed E-state index contributed by atoms with van der Waals surface area (Å²) in [6, 6.07) is 6.67. The highest BCUT2D eigenvalue weighted by Gasteiger charge is 2.33. The van der Waals surface area contributed by atoms with Crippen LogP contribution in [0.5, 0.6) is 0 Å². The van der Waals surface area contributed by atoms with Crippen LogP contribution in [0.15, 0.2) is 29.2 Å². The molecule has 1 saturated carbocycles. The number of rotatable bonds is 4. The van der Waals surface area contributed by atoms with Crippen molar-refractivity contribution in [3.05, 3.63) is 29.8 Å². The van der Waals surface area contributed by atoms with Crippen molar-refractivity contribution in [2.75, 3.05) is 0 Å². The minimum atomic E-state index is -0.657. The van der Waals surface area contributed by atoms with E-state index in [-0.39, 0.29) is 17.4 Å². The summed E-state index contributed by atoms with van der Waals surface area (Å²) < 4.78 is 0. The second-order valence-electron chi connectivity index (χ2n) is 7.06. The van der Waals surface area contributed by atoms with E-state index in [9.17, 15) is 9.59 Å². The van der Waals surface area contributed by atoms with Gasteiger partial charge in [-0.1, -0.05) is 32.9 Å². The van der Waals surface area contributed by atoms with Crippen LogP contribution in [0.25, 0.3) is 0 Å². The van der Waals surface area contributed by atoms with Crippen LogP contribution in [-0.2, 0) is 9.63 Å². The van der Waals surface area contributed by atoms with Gasteiger partial charge in [-0.05, 0) is 60.9 Å². The average molecular weight is 360 g/mol. The first-order valence-corrected chi connectivity index (χ1v) is 9.40. The van der Waals surface area contributed by atoms with Crippen molar-refractivity contribution in [2.24, 2.45) is 23.7 Å². The summed E-state index contributed by atoms with van der Waals surface area (Å²) in [6.45, 7) is 6.53. The molecule has 5 nitrogen and oxygen atoms in total. The molecule has 1 aromatic rings. The van der Waals surface area contributed by atoms with Gasteiger partial charge in [-0.2, -0.15) is 10.7 Å². The number of hydrogen-bond acceptors (Lipinski definition) is 5. The lowest BCUT2D eigenvalue weighted by Gasteiger charge is -2.34. The van der Waals surface area contributed by atoms with Gasteiger partial charge in [0.1, 0.15) is 5.40 Å². The maximum absolute atomic E-state index is 12.4. The van der Waals surface area contributed by atoms with Crippen LogP contribution in [0.2, 0.25) is 0 Å². The first kappa shape index (κ1) is 19.3. The molecular formula is C19H24N2O3S. The molecule has 25 heavy (non-hydrogen) atoms. The van der Waals surface area contributed by atoms with Gasteiger partial charge in [0.15, 0.2) is 0 Å². The SMILES string of the molecule is CC1CC(C(=O)NOC(=O)c2ccccc2SC#N)CC(C(C)C)C1. The van der Waals surface area contributed by atoms with Crippen LogP contribution in [0.4, 0.5) is 0 Å². The highest BCUT2D eigenvalue weighted by atomic mass is 32.2. The number of nitrogens with one attached hydrogen (secondary N) is 1. The molecule has 6 heteroatoms. The molecule has 3 atom stereocenters. The quantitative estimate of drug-likeness (QED) is 0.495. The molecule has 0 radical (unpaired) electrons. The lowest BCUT2D eigenvalue weighted by atomic mass is 9.71. The van der Waals surface area contributed by atoms with Crippen molar-refractivity contribution in [1.82, 2.24) is 5.48 Å². The van der Waals surface area contributed by atoms with Gasteiger partial charge in [0, 0.05) is 10.8 Å². The summed E-state index contributed by atoms with van der Waals surface area (Å²) in [7, 11) is 0. The molecule has 0 aromatic heterocycles. The molecule has 134 valence electrons. The number of hydroxylamine groups is 1. The molecule has 1 N–H and O–H groups in total. The third-order valence-corrected chi connectivity index (χ3v) is 5.47. The van der Waals surface area contributed by atoms with Gasteiger partial charge in [0.2, 0.25) is 0 Å². The molecule has 1 aromatic carbocycles. The van der Waals surface area contributed by atoms with Crippen LogP contribution in [0, 0.1) is 34.3 Å². The summed E-state index contributed by atoms with van der Waals surface area (Å²) in [5, 5.41) is 10.7. The molecule has 0 saturated heterocycles. The number of carbonyl (C=O) groups is 2. The first-order chi connectivity index (χ1) is 11.9. The molecule has 0 aliphatic heterocycles. The fourth-order valence-electron chi connectivity index (χ4n) is 3.42. The molecule has 0 spiro atoms. The highest BCUT2D eigenvalue weighted by molar-refractivity contribution is 8.03. The standard InChI is InChI=1S/C19H24N2O3S/c1-12(2)14-8-13(3)9-15(10-14)18(22)21-24-19(23)16-6-4-5-7-17(16)25-11-20/h4-7,12-15H,8-10H2,1-3H3,(H,21,22). The molecule has 1 aliphatic rings. The number of thiocyanates is 1.